The Labute approximate surface area is 169 Å². The third-order valence-corrected chi connectivity index (χ3v) is 6.24. The number of nitrogens with zero attached hydrogens (tertiary/aromatic N) is 2. The van der Waals surface area contributed by atoms with Gasteiger partial charge in [0.2, 0.25) is 0 Å². The fourth-order valence-electron chi connectivity index (χ4n) is 4.51. The summed E-state index contributed by atoms with van der Waals surface area (Å²) in [5, 5.41) is 7.08. The molecule has 1 aromatic heterocycles. The highest BCUT2D eigenvalue weighted by Gasteiger charge is 2.25. The van der Waals surface area contributed by atoms with E-state index in [4.69, 9.17) is 0 Å². The fraction of sp³-hybridized carbons (Fsp3) is 0.292. The first-order chi connectivity index (χ1) is 14.2. The average molecular weight is 385 g/mol. The molecule has 1 saturated heterocycles. The number of nitrogens with one attached hydrogen (secondary N) is 1. The summed E-state index contributed by atoms with van der Waals surface area (Å²) in [6.45, 7) is 1.53. The minimum atomic E-state index is 0.0964. The van der Waals surface area contributed by atoms with E-state index in [1.54, 1.807) is 6.20 Å². The van der Waals surface area contributed by atoms with Crippen LogP contribution in [0.2, 0.25) is 0 Å². The van der Waals surface area contributed by atoms with E-state index < -0.39 is 0 Å². The summed E-state index contributed by atoms with van der Waals surface area (Å²) in [7, 11) is 0. The van der Waals surface area contributed by atoms with Gasteiger partial charge in [0.15, 0.2) is 5.78 Å². The molecule has 0 saturated carbocycles. The molecule has 1 aliphatic heterocycles. The van der Waals surface area contributed by atoms with Crippen molar-refractivity contribution in [3.8, 4) is 11.1 Å². The van der Waals surface area contributed by atoms with Crippen molar-refractivity contribution in [2.75, 3.05) is 13.1 Å². The van der Waals surface area contributed by atoms with Crippen LogP contribution in [0.15, 0.2) is 54.7 Å². The summed E-state index contributed by atoms with van der Waals surface area (Å²) < 4.78 is 0. The fourth-order valence-corrected chi connectivity index (χ4v) is 4.51. The third-order valence-electron chi connectivity index (χ3n) is 6.24. The van der Waals surface area contributed by atoms with Crippen LogP contribution in [-0.2, 0) is 6.42 Å². The van der Waals surface area contributed by atoms with Gasteiger partial charge in [-0.25, -0.2) is 0 Å². The Morgan fingerprint density at radius 2 is 1.72 bits per heavy atom. The summed E-state index contributed by atoms with van der Waals surface area (Å²) in [6, 6.07) is 15.9. The van der Waals surface area contributed by atoms with Crippen LogP contribution in [0.1, 0.15) is 57.2 Å². The van der Waals surface area contributed by atoms with Gasteiger partial charge in [0.1, 0.15) is 0 Å². The Kier molecular flexibility index (Phi) is 4.51. The number of carbonyl (C=O) groups is 2. The summed E-state index contributed by atoms with van der Waals surface area (Å²) in [4.78, 5) is 26.7. The second-order valence-electron chi connectivity index (χ2n) is 7.95. The monoisotopic (exact) mass is 385 g/mol. The number of aromatic nitrogens is 2. The Morgan fingerprint density at radius 1 is 0.966 bits per heavy atom. The van der Waals surface area contributed by atoms with E-state index in [1.807, 2.05) is 47.4 Å². The van der Waals surface area contributed by atoms with Crippen LogP contribution in [-0.4, -0.2) is 39.9 Å². The van der Waals surface area contributed by atoms with E-state index >= 15 is 0 Å². The number of aromatic amines is 1. The molecule has 29 heavy (non-hydrogen) atoms. The molecule has 0 spiro atoms. The van der Waals surface area contributed by atoms with Crippen LogP contribution in [0.25, 0.3) is 11.1 Å². The molecule has 5 rings (SSSR count). The second-order valence-corrected chi connectivity index (χ2v) is 7.95. The van der Waals surface area contributed by atoms with Crippen molar-refractivity contribution in [1.82, 2.24) is 15.1 Å². The lowest BCUT2D eigenvalue weighted by Crippen LogP contribution is -2.38. The number of piperidine rings is 1. The van der Waals surface area contributed by atoms with Gasteiger partial charge >= 0.3 is 0 Å². The van der Waals surface area contributed by atoms with Crippen molar-refractivity contribution in [2.24, 2.45) is 0 Å². The summed E-state index contributed by atoms with van der Waals surface area (Å²) in [6.07, 6.45) is 5.14. The Morgan fingerprint density at radius 3 is 2.45 bits per heavy atom. The van der Waals surface area contributed by atoms with Crippen molar-refractivity contribution < 1.29 is 9.59 Å². The predicted octanol–water partition coefficient (Wildman–Crippen LogP) is 4.23. The highest BCUT2D eigenvalue weighted by molar-refractivity contribution is 6.01. The number of H-pyrrole nitrogens is 1. The van der Waals surface area contributed by atoms with Gasteiger partial charge in [0.05, 0.1) is 0 Å². The zero-order valence-corrected chi connectivity index (χ0v) is 16.2. The molecule has 5 nitrogen and oxygen atoms in total. The van der Waals surface area contributed by atoms with Crippen LogP contribution in [0, 0.1) is 0 Å². The molecule has 1 N–H and O–H groups in total. The lowest BCUT2D eigenvalue weighted by molar-refractivity contribution is 0.0712. The molecular formula is C24H23N3O2. The molecule has 2 aliphatic rings. The van der Waals surface area contributed by atoms with Gasteiger partial charge in [-0.3, -0.25) is 14.7 Å². The van der Waals surface area contributed by atoms with Crippen molar-refractivity contribution >= 4 is 11.7 Å². The van der Waals surface area contributed by atoms with E-state index in [0.29, 0.717) is 12.3 Å². The molecule has 2 heterocycles. The van der Waals surface area contributed by atoms with Gasteiger partial charge in [-0.05, 0) is 54.2 Å². The van der Waals surface area contributed by atoms with Crippen molar-refractivity contribution in [3.63, 3.8) is 0 Å². The van der Waals surface area contributed by atoms with Crippen LogP contribution >= 0.6 is 0 Å². The largest absolute Gasteiger partial charge is 0.339 e. The van der Waals surface area contributed by atoms with Gasteiger partial charge in [-0.1, -0.05) is 30.3 Å². The molecule has 0 radical (unpaired) electrons. The topological polar surface area (TPSA) is 66.1 Å². The maximum atomic E-state index is 12.9. The number of hydrogen-bond donors (Lipinski definition) is 1. The zero-order chi connectivity index (χ0) is 19.8. The zero-order valence-electron chi connectivity index (χ0n) is 16.2. The predicted molar refractivity (Wildman–Crippen MR) is 111 cm³/mol. The molecule has 1 amide bonds. The number of benzene rings is 2. The molecule has 1 aliphatic carbocycles. The minimum absolute atomic E-state index is 0.0964. The first-order valence-electron chi connectivity index (χ1n) is 10.2. The van der Waals surface area contributed by atoms with Crippen molar-refractivity contribution in [3.05, 3.63) is 77.1 Å². The van der Waals surface area contributed by atoms with Gasteiger partial charge in [0, 0.05) is 48.4 Å². The smallest absolute Gasteiger partial charge is 0.253 e. The molecule has 2 aromatic carbocycles. The Hall–Kier alpha value is -3.21. The molecule has 146 valence electrons. The normalized spacial score (nSPS) is 16.8. The lowest BCUT2D eigenvalue weighted by atomic mass is 9.93. The first-order valence-corrected chi connectivity index (χ1v) is 10.2. The number of amides is 1. The molecule has 0 bridgehead atoms. The minimum Gasteiger partial charge on any atom is -0.339 e. The second kappa shape index (κ2) is 7.32. The number of hydrogen-bond acceptors (Lipinski definition) is 3. The van der Waals surface area contributed by atoms with Gasteiger partial charge in [-0.15, -0.1) is 0 Å². The number of Topliss-reactive ketones (excluding diaryl/α,β-unsaturated/α-hetero) is 1. The number of fused-ring (bicyclic) bond motifs is 1. The highest BCUT2D eigenvalue weighted by atomic mass is 16.2. The number of rotatable bonds is 3. The van der Waals surface area contributed by atoms with E-state index in [2.05, 4.69) is 16.3 Å². The molecule has 0 unspecified atom stereocenters. The lowest BCUT2D eigenvalue weighted by Gasteiger charge is -2.31. The van der Waals surface area contributed by atoms with Crippen LogP contribution in [0.3, 0.4) is 0 Å². The highest BCUT2D eigenvalue weighted by Crippen LogP contribution is 2.29. The van der Waals surface area contributed by atoms with Crippen LogP contribution in [0.4, 0.5) is 0 Å². The molecular weight excluding hydrogens is 362 g/mol. The number of likely N-dealkylation sites (tertiary alicyclic amines) is 1. The number of aryl methyl sites for hydroxylation is 1. The van der Waals surface area contributed by atoms with Crippen LogP contribution < -0.4 is 0 Å². The third kappa shape index (κ3) is 3.37. The Balaban J connectivity index is 1.27. The maximum Gasteiger partial charge on any atom is 0.253 e. The molecule has 0 atom stereocenters. The van der Waals surface area contributed by atoms with Gasteiger partial charge < -0.3 is 4.90 Å². The quantitative estimate of drug-likeness (QED) is 0.734. The summed E-state index contributed by atoms with van der Waals surface area (Å²) >= 11 is 0. The summed E-state index contributed by atoms with van der Waals surface area (Å²) in [5.41, 5.74) is 6.05. The number of ketones is 1. The van der Waals surface area contributed by atoms with E-state index in [0.717, 1.165) is 65.9 Å². The van der Waals surface area contributed by atoms with E-state index in [1.165, 1.54) is 0 Å². The summed E-state index contributed by atoms with van der Waals surface area (Å²) in [5.74, 6) is 0.790. The standard InChI is InChI=1S/C24H23N3O2/c28-23-8-6-20-15-19(5-7-21(20)23)16-1-3-18(4-2-16)24(29)27-13-10-17(11-14-27)22-9-12-25-26-22/h1-5,7,9,12,15,17H,6,8,10-11,13-14H2,(H,25,26). The van der Waals surface area contributed by atoms with Gasteiger partial charge in [-0.2, -0.15) is 5.10 Å². The Bertz CT molecular complexity index is 1050. The van der Waals surface area contributed by atoms with Crippen molar-refractivity contribution in [1.29, 1.82) is 0 Å². The first kappa shape index (κ1) is 17.9. The van der Waals surface area contributed by atoms with E-state index in [-0.39, 0.29) is 11.7 Å². The SMILES string of the molecule is O=C1CCc2cc(-c3ccc(C(=O)N4CCC(c5ccn[nH]5)CC4)cc3)ccc21. The molecule has 1 fully saturated rings. The maximum absolute atomic E-state index is 12.9. The van der Waals surface area contributed by atoms with Gasteiger partial charge in [0.25, 0.3) is 5.91 Å². The number of carbonyl (C=O) groups excluding carboxylic acids is 2. The van der Waals surface area contributed by atoms with Crippen LogP contribution in [0.5, 0.6) is 0 Å². The molecule has 5 heteroatoms. The van der Waals surface area contributed by atoms with E-state index in [9.17, 15) is 9.59 Å². The molecule has 3 aromatic rings. The average Bonchev–Trinajstić information content (AvgIpc) is 3.44. The van der Waals surface area contributed by atoms with Crippen molar-refractivity contribution in [2.45, 2.75) is 31.6 Å².